The highest BCUT2D eigenvalue weighted by Crippen LogP contribution is 2.33. The van der Waals surface area contributed by atoms with Crippen LogP contribution in [0.2, 0.25) is 0 Å². The normalized spacial score (nSPS) is 21.3. The highest BCUT2D eigenvalue weighted by Gasteiger charge is 2.27. The van der Waals surface area contributed by atoms with Crippen LogP contribution in [0.5, 0.6) is 0 Å². The second-order valence-corrected chi connectivity index (χ2v) is 7.80. The first-order valence-electron chi connectivity index (χ1n) is 8.29. The maximum atomic E-state index is 12.1. The molecule has 0 saturated carbocycles. The van der Waals surface area contributed by atoms with Gasteiger partial charge in [-0.3, -0.25) is 10.9 Å². The zero-order valence-corrected chi connectivity index (χ0v) is 14.7. The highest BCUT2D eigenvalue weighted by atomic mass is 32.2. The number of rotatable bonds is 4. The van der Waals surface area contributed by atoms with E-state index in [1.54, 1.807) is 6.07 Å². The van der Waals surface area contributed by atoms with E-state index < -0.39 is 16.2 Å². The minimum absolute atomic E-state index is 0.0798. The van der Waals surface area contributed by atoms with Crippen molar-refractivity contribution < 1.29 is 8.42 Å². The van der Waals surface area contributed by atoms with E-state index in [1.807, 2.05) is 18.2 Å². The lowest BCUT2D eigenvalue weighted by molar-refractivity contribution is 0.540. The van der Waals surface area contributed by atoms with Gasteiger partial charge in [0.15, 0.2) is 0 Å². The molecular formula is C16H21N7O2S. The van der Waals surface area contributed by atoms with Crippen molar-refractivity contribution in [2.75, 3.05) is 6.54 Å². The summed E-state index contributed by atoms with van der Waals surface area (Å²) in [5.74, 6) is 0. The molecule has 2 aliphatic heterocycles. The fraction of sp³-hybridized carbons (Fsp3) is 0.250. The first-order valence-corrected chi connectivity index (χ1v) is 9.84. The second kappa shape index (κ2) is 7.02. The van der Waals surface area contributed by atoms with Crippen LogP contribution >= 0.6 is 0 Å². The standard InChI is InChI=1S/C16H21N7O2S/c17-26(24,25)14-3-1-2-12(15(14)16-20-22-23-21-16)10-4-6-11(7-5-10)13-8-9-18-19-13/h1-7,13,16,18-23H,8-9H2,(H2,17,24,25). The van der Waals surface area contributed by atoms with Gasteiger partial charge < -0.3 is 0 Å². The molecule has 0 spiro atoms. The van der Waals surface area contributed by atoms with Gasteiger partial charge in [0.1, 0.15) is 6.17 Å². The van der Waals surface area contributed by atoms with E-state index in [1.165, 1.54) is 11.6 Å². The molecule has 0 bridgehead atoms. The average Bonchev–Trinajstić information content (AvgIpc) is 3.34. The van der Waals surface area contributed by atoms with Gasteiger partial charge in [-0.15, -0.1) is 0 Å². The Morgan fingerprint density at radius 1 is 0.962 bits per heavy atom. The summed E-state index contributed by atoms with van der Waals surface area (Å²) >= 11 is 0. The van der Waals surface area contributed by atoms with Crippen molar-refractivity contribution in [1.29, 1.82) is 0 Å². The maximum absolute atomic E-state index is 12.1. The van der Waals surface area contributed by atoms with Crippen LogP contribution in [0.3, 0.4) is 0 Å². The third kappa shape index (κ3) is 3.37. The average molecular weight is 375 g/mol. The van der Waals surface area contributed by atoms with E-state index in [2.05, 4.69) is 44.9 Å². The first kappa shape index (κ1) is 17.5. The monoisotopic (exact) mass is 375 g/mol. The predicted octanol–water partition coefficient (Wildman–Crippen LogP) is -0.344. The van der Waals surface area contributed by atoms with Crippen LogP contribution in [-0.2, 0) is 10.0 Å². The van der Waals surface area contributed by atoms with Gasteiger partial charge in [0.05, 0.1) is 4.90 Å². The van der Waals surface area contributed by atoms with Crippen molar-refractivity contribution >= 4 is 10.0 Å². The lowest BCUT2D eigenvalue weighted by Gasteiger charge is -2.19. The van der Waals surface area contributed by atoms with Gasteiger partial charge in [-0.05, 0) is 29.2 Å². The minimum Gasteiger partial charge on any atom is -0.257 e. The highest BCUT2D eigenvalue weighted by molar-refractivity contribution is 7.89. The van der Waals surface area contributed by atoms with Gasteiger partial charge >= 0.3 is 0 Å². The number of hydrazine groups is 4. The van der Waals surface area contributed by atoms with Crippen molar-refractivity contribution in [1.82, 2.24) is 32.8 Å². The number of benzene rings is 2. The van der Waals surface area contributed by atoms with Gasteiger partial charge in [-0.1, -0.05) is 36.4 Å². The Morgan fingerprint density at radius 2 is 1.69 bits per heavy atom. The van der Waals surface area contributed by atoms with Gasteiger partial charge in [-0.2, -0.15) is 11.1 Å². The van der Waals surface area contributed by atoms with Crippen LogP contribution in [0.1, 0.15) is 29.8 Å². The topological polar surface area (TPSA) is 132 Å². The van der Waals surface area contributed by atoms with Crippen LogP contribution in [0.4, 0.5) is 0 Å². The quantitative estimate of drug-likeness (QED) is 0.386. The van der Waals surface area contributed by atoms with Crippen LogP contribution < -0.4 is 37.9 Å². The molecule has 10 heteroatoms. The Balaban J connectivity index is 1.78. The van der Waals surface area contributed by atoms with E-state index in [4.69, 9.17) is 5.14 Å². The molecule has 26 heavy (non-hydrogen) atoms. The molecule has 0 aliphatic carbocycles. The fourth-order valence-electron chi connectivity index (χ4n) is 3.37. The zero-order chi connectivity index (χ0) is 18.1. The lowest BCUT2D eigenvalue weighted by Crippen LogP contribution is -2.33. The summed E-state index contributed by atoms with van der Waals surface area (Å²) < 4.78 is 24.2. The molecule has 138 valence electrons. The molecule has 1 unspecified atom stereocenters. The first-order chi connectivity index (χ1) is 12.5. The Kier molecular flexibility index (Phi) is 4.73. The number of nitrogens with one attached hydrogen (secondary N) is 6. The summed E-state index contributed by atoms with van der Waals surface area (Å²) in [4.78, 5) is 0.0798. The Bertz CT molecular complexity index is 889. The Hall–Kier alpha value is -1.89. The number of hydrogen-bond donors (Lipinski definition) is 7. The van der Waals surface area contributed by atoms with Gasteiger partial charge in [0, 0.05) is 18.2 Å². The summed E-state index contributed by atoms with van der Waals surface area (Å²) in [7, 11) is -3.88. The molecule has 9 nitrogen and oxygen atoms in total. The van der Waals surface area contributed by atoms with Crippen LogP contribution in [0, 0.1) is 0 Å². The van der Waals surface area contributed by atoms with Crippen molar-refractivity contribution in [2.24, 2.45) is 5.14 Å². The summed E-state index contributed by atoms with van der Waals surface area (Å²) in [6, 6.07) is 13.5. The summed E-state index contributed by atoms with van der Waals surface area (Å²) in [6.07, 6.45) is 0.568. The van der Waals surface area contributed by atoms with E-state index in [9.17, 15) is 8.42 Å². The zero-order valence-electron chi connectivity index (χ0n) is 13.9. The number of hydrogen-bond acceptors (Lipinski definition) is 8. The molecule has 2 heterocycles. The van der Waals surface area contributed by atoms with E-state index >= 15 is 0 Å². The van der Waals surface area contributed by atoms with Crippen LogP contribution in [-0.4, -0.2) is 15.0 Å². The molecule has 1 atom stereocenters. The molecule has 0 aromatic heterocycles. The number of nitrogens with two attached hydrogens (primary N) is 1. The Labute approximate surface area is 151 Å². The lowest BCUT2D eigenvalue weighted by atomic mass is 9.95. The van der Waals surface area contributed by atoms with E-state index in [0.717, 1.165) is 24.1 Å². The molecule has 2 saturated heterocycles. The van der Waals surface area contributed by atoms with Gasteiger partial charge in [0.2, 0.25) is 10.0 Å². The second-order valence-electron chi connectivity index (χ2n) is 6.27. The van der Waals surface area contributed by atoms with Crippen molar-refractivity contribution in [3.63, 3.8) is 0 Å². The van der Waals surface area contributed by atoms with Crippen molar-refractivity contribution in [2.45, 2.75) is 23.5 Å². The van der Waals surface area contributed by atoms with E-state index in [-0.39, 0.29) is 10.9 Å². The molecule has 2 aromatic rings. The predicted molar refractivity (Wildman–Crippen MR) is 97.0 cm³/mol. The summed E-state index contributed by atoms with van der Waals surface area (Å²) in [6.45, 7) is 0.936. The van der Waals surface area contributed by atoms with Crippen LogP contribution in [0.25, 0.3) is 11.1 Å². The molecule has 8 N–H and O–H groups in total. The molecule has 2 fully saturated rings. The van der Waals surface area contributed by atoms with Crippen molar-refractivity contribution in [3.8, 4) is 11.1 Å². The summed E-state index contributed by atoms with van der Waals surface area (Å²) in [5, 5.41) is 5.44. The molecule has 0 amide bonds. The van der Waals surface area contributed by atoms with Crippen molar-refractivity contribution in [3.05, 3.63) is 53.6 Å². The van der Waals surface area contributed by atoms with Gasteiger partial charge in [0.25, 0.3) is 0 Å². The largest absolute Gasteiger partial charge is 0.257 e. The third-order valence-electron chi connectivity index (χ3n) is 4.62. The molecular weight excluding hydrogens is 354 g/mol. The number of primary sulfonamides is 1. The SMILES string of the molecule is NS(=O)(=O)c1cccc(-c2ccc(C3CCNN3)cc2)c1C1NNNN1. The number of sulfonamides is 1. The van der Waals surface area contributed by atoms with Crippen LogP contribution in [0.15, 0.2) is 47.4 Å². The smallest absolute Gasteiger partial charge is 0.238 e. The maximum Gasteiger partial charge on any atom is 0.238 e. The molecule has 0 radical (unpaired) electrons. The Morgan fingerprint density at radius 3 is 2.31 bits per heavy atom. The molecule has 4 rings (SSSR count). The fourth-order valence-corrected chi connectivity index (χ4v) is 4.17. The molecule has 2 aromatic carbocycles. The van der Waals surface area contributed by atoms with E-state index in [0.29, 0.717) is 5.56 Å². The minimum atomic E-state index is -3.88. The summed E-state index contributed by atoms with van der Waals surface area (Å²) in [5.41, 5.74) is 21.1. The molecule has 2 aliphatic rings. The third-order valence-corrected chi connectivity index (χ3v) is 5.58. The van der Waals surface area contributed by atoms with Gasteiger partial charge in [-0.25, -0.2) is 24.4 Å².